The molecule has 74 valence electrons. The highest BCUT2D eigenvalue weighted by Crippen LogP contribution is 2.20. The van der Waals surface area contributed by atoms with E-state index >= 15 is 0 Å². The topological polar surface area (TPSA) is 20.3 Å². The van der Waals surface area contributed by atoms with Crippen LogP contribution in [0.1, 0.15) is 11.1 Å². The summed E-state index contributed by atoms with van der Waals surface area (Å²) in [6.45, 7) is 3.74. The zero-order valence-electron chi connectivity index (χ0n) is 8.19. The average Bonchev–Trinajstić information content (AvgIpc) is 2.56. The first kappa shape index (κ1) is 9.59. The Morgan fingerprint density at radius 3 is 2.86 bits per heavy atom. The minimum Gasteiger partial charge on any atom is -0.328 e. The molecule has 2 nitrogen and oxygen atoms in total. The molecule has 1 aromatic rings. The molecule has 0 unspecified atom stereocenters. The number of thioether (sulfide) groups is 1. The lowest BCUT2D eigenvalue weighted by Crippen LogP contribution is -2.22. The van der Waals surface area contributed by atoms with Gasteiger partial charge in [0.25, 0.3) is 5.24 Å². The predicted octanol–water partition coefficient (Wildman–Crippen LogP) is 2.66. The van der Waals surface area contributed by atoms with E-state index in [4.69, 9.17) is 0 Å². The Hall–Kier alpha value is -0.960. The molecule has 1 aromatic carbocycles. The summed E-state index contributed by atoms with van der Waals surface area (Å²) >= 11 is 1.42. The van der Waals surface area contributed by atoms with Crippen molar-refractivity contribution in [2.75, 3.05) is 12.3 Å². The molecule has 1 saturated heterocycles. The number of aryl methyl sites for hydroxylation is 1. The van der Waals surface area contributed by atoms with Crippen LogP contribution in [0.15, 0.2) is 24.3 Å². The van der Waals surface area contributed by atoms with Gasteiger partial charge in [0, 0.05) is 18.8 Å². The van der Waals surface area contributed by atoms with Crippen molar-refractivity contribution in [2.24, 2.45) is 0 Å². The second-order valence-corrected chi connectivity index (χ2v) is 4.51. The zero-order chi connectivity index (χ0) is 9.97. The summed E-state index contributed by atoms with van der Waals surface area (Å²) in [6, 6.07) is 8.23. The first-order chi connectivity index (χ1) is 6.77. The number of amides is 1. The Balaban J connectivity index is 2.10. The molecule has 0 bridgehead atoms. The monoisotopic (exact) mass is 207 g/mol. The molecule has 0 atom stereocenters. The second kappa shape index (κ2) is 4.05. The third-order valence-corrected chi connectivity index (χ3v) is 3.36. The molecule has 14 heavy (non-hydrogen) atoms. The maximum atomic E-state index is 11.4. The smallest absolute Gasteiger partial charge is 0.282 e. The number of nitrogens with zero attached hydrogens (tertiary/aromatic N) is 1. The molecule has 2 rings (SSSR count). The molecule has 1 heterocycles. The molecular weight excluding hydrogens is 194 g/mol. The van der Waals surface area contributed by atoms with Gasteiger partial charge >= 0.3 is 0 Å². The minimum atomic E-state index is 0.216. The number of hydrogen-bond donors (Lipinski definition) is 0. The summed E-state index contributed by atoms with van der Waals surface area (Å²) < 4.78 is 0. The highest BCUT2D eigenvalue weighted by molar-refractivity contribution is 8.13. The molecule has 0 saturated carbocycles. The van der Waals surface area contributed by atoms with Crippen LogP contribution >= 0.6 is 11.8 Å². The molecule has 1 fully saturated rings. The van der Waals surface area contributed by atoms with Crippen LogP contribution < -0.4 is 0 Å². The second-order valence-electron chi connectivity index (χ2n) is 3.46. The minimum absolute atomic E-state index is 0.216. The van der Waals surface area contributed by atoms with E-state index in [2.05, 4.69) is 19.1 Å². The normalized spacial score (nSPS) is 16.4. The van der Waals surface area contributed by atoms with Crippen molar-refractivity contribution in [3.63, 3.8) is 0 Å². The largest absolute Gasteiger partial charge is 0.328 e. The maximum absolute atomic E-state index is 11.4. The van der Waals surface area contributed by atoms with Crippen molar-refractivity contribution in [1.29, 1.82) is 0 Å². The van der Waals surface area contributed by atoms with Crippen LogP contribution in [-0.4, -0.2) is 22.4 Å². The SMILES string of the molecule is Cc1ccccc1CN1CCSC1=O. The summed E-state index contributed by atoms with van der Waals surface area (Å²) in [4.78, 5) is 13.3. The quantitative estimate of drug-likeness (QED) is 0.743. The van der Waals surface area contributed by atoms with Gasteiger partial charge in [0.05, 0.1) is 0 Å². The standard InChI is InChI=1S/C11H13NOS/c1-9-4-2-3-5-10(9)8-12-6-7-14-11(12)13/h2-5H,6-8H2,1H3. The van der Waals surface area contributed by atoms with E-state index in [-0.39, 0.29) is 5.24 Å². The Morgan fingerprint density at radius 2 is 2.21 bits per heavy atom. The lowest BCUT2D eigenvalue weighted by atomic mass is 10.1. The molecule has 1 aliphatic heterocycles. The van der Waals surface area contributed by atoms with Crippen molar-refractivity contribution < 1.29 is 4.79 Å². The first-order valence-corrected chi connectivity index (χ1v) is 5.72. The van der Waals surface area contributed by atoms with Crippen LogP contribution in [0.4, 0.5) is 4.79 Å². The summed E-state index contributed by atoms with van der Waals surface area (Å²) in [5.41, 5.74) is 2.51. The maximum Gasteiger partial charge on any atom is 0.282 e. The number of benzene rings is 1. The van der Waals surface area contributed by atoms with E-state index in [0.717, 1.165) is 18.8 Å². The third kappa shape index (κ3) is 1.93. The summed E-state index contributed by atoms with van der Waals surface area (Å²) in [6.07, 6.45) is 0. The molecule has 1 aliphatic rings. The van der Waals surface area contributed by atoms with Crippen LogP contribution in [0.3, 0.4) is 0 Å². The van der Waals surface area contributed by atoms with Crippen molar-refractivity contribution in [2.45, 2.75) is 13.5 Å². The number of carbonyl (C=O) groups excluding carboxylic acids is 1. The average molecular weight is 207 g/mol. The van der Waals surface area contributed by atoms with Crippen LogP contribution in [0.2, 0.25) is 0 Å². The van der Waals surface area contributed by atoms with Gasteiger partial charge in [0.15, 0.2) is 0 Å². The Kier molecular flexibility index (Phi) is 2.77. The fourth-order valence-electron chi connectivity index (χ4n) is 1.56. The molecule has 0 radical (unpaired) electrons. The fourth-order valence-corrected chi connectivity index (χ4v) is 2.39. The number of hydrogen-bond acceptors (Lipinski definition) is 2. The van der Waals surface area contributed by atoms with Gasteiger partial charge in [0.2, 0.25) is 0 Å². The number of carbonyl (C=O) groups is 1. The summed E-state index contributed by atoms with van der Waals surface area (Å²) in [5.74, 6) is 0.935. The van der Waals surface area contributed by atoms with Gasteiger partial charge in [-0.3, -0.25) is 4.79 Å². The summed E-state index contributed by atoms with van der Waals surface area (Å²) in [5, 5.41) is 0.216. The predicted molar refractivity (Wildman–Crippen MR) is 59.4 cm³/mol. The van der Waals surface area contributed by atoms with E-state index in [1.54, 1.807) is 0 Å². The molecule has 3 heteroatoms. The molecule has 0 aliphatic carbocycles. The van der Waals surface area contributed by atoms with Gasteiger partial charge in [-0.25, -0.2) is 0 Å². The van der Waals surface area contributed by atoms with Crippen LogP contribution in [-0.2, 0) is 6.54 Å². The Morgan fingerprint density at radius 1 is 1.43 bits per heavy atom. The van der Waals surface area contributed by atoms with E-state index < -0.39 is 0 Å². The fraction of sp³-hybridized carbons (Fsp3) is 0.364. The Bertz CT molecular complexity index is 351. The van der Waals surface area contributed by atoms with Crippen molar-refractivity contribution in [3.05, 3.63) is 35.4 Å². The molecule has 0 aromatic heterocycles. The lowest BCUT2D eigenvalue weighted by molar-refractivity contribution is 0.227. The molecule has 1 amide bonds. The van der Waals surface area contributed by atoms with Crippen molar-refractivity contribution >= 4 is 17.0 Å². The van der Waals surface area contributed by atoms with E-state index in [0.29, 0.717) is 0 Å². The lowest BCUT2D eigenvalue weighted by Gasteiger charge is -2.15. The van der Waals surface area contributed by atoms with Gasteiger partial charge in [-0.2, -0.15) is 0 Å². The molecule has 0 spiro atoms. The van der Waals surface area contributed by atoms with E-state index in [9.17, 15) is 4.79 Å². The molecule has 0 N–H and O–H groups in total. The molecular formula is C11H13NOS. The van der Waals surface area contributed by atoms with Gasteiger partial charge in [0.1, 0.15) is 0 Å². The highest BCUT2D eigenvalue weighted by Gasteiger charge is 2.21. The summed E-state index contributed by atoms with van der Waals surface area (Å²) in [7, 11) is 0. The van der Waals surface area contributed by atoms with Gasteiger partial charge in [-0.05, 0) is 18.1 Å². The van der Waals surface area contributed by atoms with Crippen molar-refractivity contribution in [3.8, 4) is 0 Å². The third-order valence-electron chi connectivity index (χ3n) is 2.47. The van der Waals surface area contributed by atoms with Gasteiger partial charge < -0.3 is 4.90 Å². The van der Waals surface area contributed by atoms with Gasteiger partial charge in [-0.15, -0.1) is 0 Å². The first-order valence-electron chi connectivity index (χ1n) is 4.73. The van der Waals surface area contributed by atoms with Crippen LogP contribution in [0.5, 0.6) is 0 Å². The van der Waals surface area contributed by atoms with Gasteiger partial charge in [-0.1, -0.05) is 36.0 Å². The zero-order valence-corrected chi connectivity index (χ0v) is 9.01. The van der Waals surface area contributed by atoms with Crippen LogP contribution in [0, 0.1) is 6.92 Å². The number of rotatable bonds is 2. The van der Waals surface area contributed by atoms with Crippen LogP contribution in [0.25, 0.3) is 0 Å². The Labute approximate surface area is 88.3 Å². The van der Waals surface area contributed by atoms with E-state index in [1.807, 2.05) is 17.0 Å². The van der Waals surface area contributed by atoms with E-state index in [1.165, 1.54) is 22.9 Å². The highest BCUT2D eigenvalue weighted by atomic mass is 32.2. The van der Waals surface area contributed by atoms with Crippen molar-refractivity contribution in [1.82, 2.24) is 4.90 Å².